The van der Waals surface area contributed by atoms with Gasteiger partial charge in [-0.25, -0.2) is 0 Å². The fourth-order valence-corrected chi connectivity index (χ4v) is 2.25. The molecule has 0 aliphatic heterocycles. The summed E-state index contributed by atoms with van der Waals surface area (Å²) in [5, 5.41) is 13.2. The molecule has 1 aromatic carbocycles. The Balaban J connectivity index is 2.70. The van der Waals surface area contributed by atoms with Crippen molar-refractivity contribution in [3.8, 4) is 5.75 Å². The molecule has 108 valence electrons. The first-order chi connectivity index (χ1) is 8.83. The summed E-state index contributed by atoms with van der Waals surface area (Å²) in [6, 6.07) is 7.63. The summed E-state index contributed by atoms with van der Waals surface area (Å²) in [6.45, 7) is 13.4. The van der Waals surface area contributed by atoms with Crippen LogP contribution >= 0.6 is 0 Å². The lowest BCUT2D eigenvalue weighted by atomic mass is 9.74. The van der Waals surface area contributed by atoms with E-state index in [4.69, 9.17) is 0 Å². The largest absolute Gasteiger partial charge is 0.508 e. The highest BCUT2D eigenvalue weighted by Crippen LogP contribution is 2.31. The number of hydrogen-bond acceptors (Lipinski definition) is 2. The van der Waals surface area contributed by atoms with Crippen molar-refractivity contribution < 1.29 is 5.11 Å². The van der Waals surface area contributed by atoms with Gasteiger partial charge in [0.1, 0.15) is 5.75 Å². The summed E-state index contributed by atoms with van der Waals surface area (Å²) >= 11 is 0. The zero-order valence-corrected chi connectivity index (χ0v) is 13.0. The summed E-state index contributed by atoms with van der Waals surface area (Å²) in [5.74, 6) is 1.63. The van der Waals surface area contributed by atoms with E-state index in [-0.39, 0.29) is 5.41 Å². The average Bonchev–Trinajstić information content (AvgIpc) is 2.28. The molecule has 2 heteroatoms. The van der Waals surface area contributed by atoms with Gasteiger partial charge in [0, 0.05) is 6.54 Å². The van der Waals surface area contributed by atoms with Crippen LogP contribution in [0, 0.1) is 17.3 Å². The molecule has 0 fully saturated rings. The monoisotopic (exact) mass is 263 g/mol. The Morgan fingerprint density at radius 2 is 1.89 bits per heavy atom. The Hall–Kier alpha value is -1.02. The van der Waals surface area contributed by atoms with E-state index in [1.807, 2.05) is 12.1 Å². The first-order valence-corrected chi connectivity index (χ1v) is 7.32. The Morgan fingerprint density at radius 1 is 1.21 bits per heavy atom. The summed E-state index contributed by atoms with van der Waals surface area (Å²) in [6.07, 6.45) is 0.990. The standard InChI is InChI=1S/C17H29NO/c1-13(2)11-18-12-17(5,14(3)4)10-15-7-6-8-16(19)9-15/h6-9,13-14,18-19H,10-12H2,1-5H3. The summed E-state index contributed by atoms with van der Waals surface area (Å²) in [5.41, 5.74) is 1.42. The van der Waals surface area contributed by atoms with E-state index in [2.05, 4.69) is 46.0 Å². The van der Waals surface area contributed by atoms with Crippen LogP contribution < -0.4 is 5.32 Å². The van der Waals surface area contributed by atoms with Crippen molar-refractivity contribution in [1.29, 1.82) is 0 Å². The molecule has 19 heavy (non-hydrogen) atoms. The minimum absolute atomic E-state index is 0.211. The molecule has 1 unspecified atom stereocenters. The maximum atomic E-state index is 9.58. The molecule has 2 nitrogen and oxygen atoms in total. The fraction of sp³-hybridized carbons (Fsp3) is 0.647. The Bertz CT molecular complexity index is 387. The van der Waals surface area contributed by atoms with Gasteiger partial charge in [-0.1, -0.05) is 46.8 Å². The zero-order chi connectivity index (χ0) is 14.5. The van der Waals surface area contributed by atoms with Crippen molar-refractivity contribution in [2.75, 3.05) is 13.1 Å². The van der Waals surface area contributed by atoms with Crippen molar-refractivity contribution >= 4 is 0 Å². The van der Waals surface area contributed by atoms with Gasteiger partial charge in [0.15, 0.2) is 0 Å². The molecular formula is C17H29NO. The summed E-state index contributed by atoms with van der Waals surface area (Å²) in [7, 11) is 0. The third-order valence-electron chi connectivity index (χ3n) is 3.99. The number of aromatic hydroxyl groups is 1. The minimum Gasteiger partial charge on any atom is -0.508 e. The van der Waals surface area contributed by atoms with Gasteiger partial charge in [-0.2, -0.15) is 0 Å². The van der Waals surface area contributed by atoms with Crippen LogP contribution in [0.25, 0.3) is 0 Å². The van der Waals surface area contributed by atoms with E-state index >= 15 is 0 Å². The van der Waals surface area contributed by atoms with Gasteiger partial charge in [0.05, 0.1) is 0 Å². The first-order valence-electron chi connectivity index (χ1n) is 7.32. The van der Waals surface area contributed by atoms with E-state index in [9.17, 15) is 5.11 Å². The molecule has 1 atom stereocenters. The molecule has 1 rings (SSSR count). The molecule has 0 aliphatic carbocycles. The second-order valence-electron chi connectivity index (χ2n) is 6.68. The van der Waals surface area contributed by atoms with Crippen LogP contribution in [-0.4, -0.2) is 18.2 Å². The van der Waals surface area contributed by atoms with E-state index in [1.165, 1.54) is 5.56 Å². The van der Waals surface area contributed by atoms with Crippen LogP contribution in [0.5, 0.6) is 5.75 Å². The maximum Gasteiger partial charge on any atom is 0.115 e. The number of hydrogen-bond donors (Lipinski definition) is 2. The molecular weight excluding hydrogens is 234 g/mol. The Morgan fingerprint density at radius 3 is 2.42 bits per heavy atom. The lowest BCUT2D eigenvalue weighted by Gasteiger charge is -2.35. The highest BCUT2D eigenvalue weighted by Gasteiger charge is 2.28. The topological polar surface area (TPSA) is 32.3 Å². The SMILES string of the molecule is CC(C)CNCC(C)(Cc1cccc(O)c1)C(C)C. The number of nitrogens with one attached hydrogen (secondary N) is 1. The Kier molecular flexibility index (Phi) is 5.86. The van der Waals surface area contributed by atoms with Gasteiger partial charge in [-0.15, -0.1) is 0 Å². The maximum absolute atomic E-state index is 9.58. The van der Waals surface area contributed by atoms with Gasteiger partial charge in [0.2, 0.25) is 0 Å². The van der Waals surface area contributed by atoms with Crippen LogP contribution in [0.1, 0.15) is 40.2 Å². The average molecular weight is 263 g/mol. The van der Waals surface area contributed by atoms with Crippen LogP contribution in [0.15, 0.2) is 24.3 Å². The van der Waals surface area contributed by atoms with E-state index < -0.39 is 0 Å². The van der Waals surface area contributed by atoms with Crippen LogP contribution in [-0.2, 0) is 6.42 Å². The third kappa shape index (κ3) is 5.23. The molecule has 0 amide bonds. The zero-order valence-electron chi connectivity index (χ0n) is 13.0. The van der Waals surface area contributed by atoms with Crippen LogP contribution in [0.4, 0.5) is 0 Å². The summed E-state index contributed by atoms with van der Waals surface area (Å²) < 4.78 is 0. The van der Waals surface area contributed by atoms with Gasteiger partial charge in [-0.05, 0) is 47.9 Å². The van der Waals surface area contributed by atoms with E-state index in [0.29, 0.717) is 17.6 Å². The van der Waals surface area contributed by atoms with E-state index in [1.54, 1.807) is 6.07 Å². The number of phenols is 1. The normalized spacial score (nSPS) is 14.9. The highest BCUT2D eigenvalue weighted by molar-refractivity contribution is 5.28. The molecule has 0 spiro atoms. The molecule has 2 N–H and O–H groups in total. The smallest absolute Gasteiger partial charge is 0.115 e. The number of rotatable bonds is 7. The van der Waals surface area contributed by atoms with Gasteiger partial charge < -0.3 is 10.4 Å². The van der Waals surface area contributed by atoms with Crippen molar-refractivity contribution in [3.05, 3.63) is 29.8 Å². The lowest BCUT2D eigenvalue weighted by Crippen LogP contribution is -2.39. The van der Waals surface area contributed by atoms with Crippen molar-refractivity contribution in [1.82, 2.24) is 5.32 Å². The molecule has 1 aromatic rings. The van der Waals surface area contributed by atoms with Gasteiger partial charge in [0.25, 0.3) is 0 Å². The molecule has 0 heterocycles. The Labute approximate surface area is 118 Å². The highest BCUT2D eigenvalue weighted by atomic mass is 16.3. The van der Waals surface area contributed by atoms with Crippen molar-refractivity contribution in [2.45, 2.75) is 41.0 Å². The van der Waals surface area contributed by atoms with Crippen molar-refractivity contribution in [3.63, 3.8) is 0 Å². The van der Waals surface area contributed by atoms with Crippen LogP contribution in [0.3, 0.4) is 0 Å². The number of phenolic OH excluding ortho intramolecular Hbond substituents is 1. The molecule has 0 aromatic heterocycles. The molecule has 0 radical (unpaired) electrons. The quantitative estimate of drug-likeness (QED) is 0.783. The lowest BCUT2D eigenvalue weighted by molar-refractivity contribution is 0.205. The van der Waals surface area contributed by atoms with Crippen LogP contribution in [0.2, 0.25) is 0 Å². The molecule has 0 saturated carbocycles. The molecule has 0 bridgehead atoms. The van der Waals surface area contributed by atoms with Gasteiger partial charge in [-0.3, -0.25) is 0 Å². The minimum atomic E-state index is 0.211. The summed E-state index contributed by atoms with van der Waals surface area (Å²) in [4.78, 5) is 0. The number of benzene rings is 1. The predicted molar refractivity (Wildman–Crippen MR) is 82.5 cm³/mol. The second-order valence-corrected chi connectivity index (χ2v) is 6.68. The molecule has 0 saturated heterocycles. The molecule has 0 aliphatic rings. The fourth-order valence-electron chi connectivity index (χ4n) is 2.25. The van der Waals surface area contributed by atoms with Crippen molar-refractivity contribution in [2.24, 2.45) is 17.3 Å². The predicted octanol–water partition coefficient (Wildman–Crippen LogP) is 3.84. The van der Waals surface area contributed by atoms with Gasteiger partial charge >= 0.3 is 0 Å². The second kappa shape index (κ2) is 6.95. The first kappa shape index (κ1) is 16.0. The van der Waals surface area contributed by atoms with E-state index in [0.717, 1.165) is 19.5 Å². The third-order valence-corrected chi connectivity index (χ3v) is 3.99.